The van der Waals surface area contributed by atoms with E-state index in [9.17, 15) is 9.90 Å². The van der Waals surface area contributed by atoms with Crippen molar-refractivity contribution in [3.8, 4) is 11.5 Å². The molecule has 4 aromatic carbocycles. The maximum atomic E-state index is 13.0. The molecule has 252 valence electrons. The van der Waals surface area contributed by atoms with Crippen molar-refractivity contribution < 1.29 is 28.8 Å². The fourth-order valence-corrected chi connectivity index (χ4v) is 6.67. The summed E-state index contributed by atoms with van der Waals surface area (Å²) >= 11 is 0. The Kier molecular flexibility index (Phi) is 9.54. The zero-order valence-corrected chi connectivity index (χ0v) is 27.8. The highest BCUT2D eigenvalue weighted by Crippen LogP contribution is 2.42. The lowest BCUT2D eigenvalue weighted by Crippen LogP contribution is -2.45. The molecule has 7 rings (SSSR count). The molecule has 1 fully saturated rings. The van der Waals surface area contributed by atoms with Gasteiger partial charge >= 0.3 is 0 Å². The van der Waals surface area contributed by atoms with E-state index >= 15 is 0 Å². The van der Waals surface area contributed by atoms with Crippen molar-refractivity contribution in [3.63, 3.8) is 0 Å². The number of fused-ring (bicyclic) bond motifs is 2. The Morgan fingerprint density at radius 1 is 0.918 bits per heavy atom. The molecule has 1 amide bonds. The normalized spacial score (nSPS) is 20.8. The average molecular weight is 661 g/mol. The molecule has 49 heavy (non-hydrogen) atoms. The molecule has 0 radical (unpaired) electrons. The molecule has 5 aromatic rings. The van der Waals surface area contributed by atoms with Crippen LogP contribution < -0.4 is 14.8 Å². The van der Waals surface area contributed by atoms with Crippen LogP contribution in [-0.4, -0.2) is 59.3 Å². The molecule has 0 spiro atoms. The van der Waals surface area contributed by atoms with Gasteiger partial charge in [0, 0.05) is 36.8 Å². The molecular formula is C39H40N4O6. The number of carbonyl (C=O) groups is 1. The van der Waals surface area contributed by atoms with Crippen molar-refractivity contribution >= 4 is 22.6 Å². The zero-order chi connectivity index (χ0) is 33.9. The number of aliphatic hydroxyl groups is 1. The largest absolute Gasteiger partial charge is 0.493 e. The average Bonchev–Trinajstić information content (AvgIpc) is 3.15. The minimum atomic E-state index is -0.624. The highest BCUT2D eigenvalue weighted by Gasteiger charge is 2.39. The molecule has 2 N–H and O–H groups in total. The number of anilines is 1. The number of nitrogens with one attached hydrogen (secondary N) is 1. The van der Waals surface area contributed by atoms with Crippen molar-refractivity contribution in [2.45, 2.75) is 45.0 Å². The van der Waals surface area contributed by atoms with Crippen LogP contribution in [0, 0.1) is 5.92 Å². The molecule has 4 atom stereocenters. The van der Waals surface area contributed by atoms with Gasteiger partial charge in [0.25, 0.3) is 5.91 Å². The van der Waals surface area contributed by atoms with Crippen molar-refractivity contribution in [1.29, 1.82) is 0 Å². The van der Waals surface area contributed by atoms with Crippen LogP contribution in [0.15, 0.2) is 91.1 Å². The lowest BCUT2D eigenvalue weighted by atomic mass is 9.89. The predicted octanol–water partition coefficient (Wildman–Crippen LogP) is 6.24. The summed E-state index contributed by atoms with van der Waals surface area (Å²) in [5.74, 6) is 1.19. The molecule has 4 unspecified atom stereocenters. The monoisotopic (exact) mass is 660 g/mol. The van der Waals surface area contributed by atoms with Gasteiger partial charge in [-0.15, -0.1) is 0 Å². The second kappa shape index (κ2) is 14.3. The van der Waals surface area contributed by atoms with E-state index in [1.54, 1.807) is 14.2 Å². The van der Waals surface area contributed by atoms with Gasteiger partial charge in [-0.05, 0) is 65.1 Å². The van der Waals surface area contributed by atoms with E-state index in [1.807, 2.05) is 72.8 Å². The topological polar surface area (TPSA) is 115 Å². The van der Waals surface area contributed by atoms with Gasteiger partial charge in [-0.2, -0.15) is 0 Å². The van der Waals surface area contributed by atoms with Crippen molar-refractivity contribution in [1.82, 2.24) is 14.9 Å². The lowest BCUT2D eigenvalue weighted by Gasteiger charge is -2.43. The van der Waals surface area contributed by atoms with Gasteiger partial charge in [0.2, 0.25) is 0 Å². The van der Waals surface area contributed by atoms with E-state index in [4.69, 9.17) is 18.9 Å². The first-order chi connectivity index (χ1) is 23.9. The Hall–Kier alpha value is -4.87. The van der Waals surface area contributed by atoms with E-state index in [0.717, 1.165) is 59.8 Å². The minimum Gasteiger partial charge on any atom is -0.493 e. The Morgan fingerprint density at radius 3 is 2.33 bits per heavy atom. The van der Waals surface area contributed by atoms with E-state index in [0.29, 0.717) is 11.2 Å². The molecule has 2 aliphatic rings. The lowest BCUT2D eigenvalue weighted by molar-refractivity contribution is -0.276. The first-order valence-electron chi connectivity index (χ1n) is 16.5. The number of amides is 1. The zero-order valence-electron chi connectivity index (χ0n) is 27.8. The quantitative estimate of drug-likeness (QED) is 0.190. The third-order valence-corrected chi connectivity index (χ3v) is 9.48. The number of ether oxygens (including phenoxy) is 4. The van der Waals surface area contributed by atoms with E-state index in [1.165, 1.54) is 17.3 Å². The second-order valence-electron chi connectivity index (χ2n) is 12.6. The van der Waals surface area contributed by atoms with Crippen LogP contribution in [0.3, 0.4) is 0 Å². The second-order valence-corrected chi connectivity index (χ2v) is 12.6. The van der Waals surface area contributed by atoms with Gasteiger partial charge in [0.15, 0.2) is 17.8 Å². The van der Waals surface area contributed by atoms with E-state index < -0.39 is 6.29 Å². The van der Waals surface area contributed by atoms with Gasteiger partial charge in [-0.25, -0.2) is 4.98 Å². The van der Waals surface area contributed by atoms with E-state index in [2.05, 4.69) is 39.2 Å². The molecule has 2 aliphatic heterocycles. The summed E-state index contributed by atoms with van der Waals surface area (Å²) in [5, 5.41) is 12.5. The Bertz CT molecular complexity index is 1930. The Balaban J connectivity index is 1.09. The molecule has 1 saturated heterocycles. The molecule has 10 heteroatoms. The Morgan fingerprint density at radius 2 is 1.61 bits per heavy atom. The number of rotatable bonds is 9. The van der Waals surface area contributed by atoms with Crippen molar-refractivity contribution in [2.75, 3.05) is 32.6 Å². The number of aromatic nitrogens is 2. The summed E-state index contributed by atoms with van der Waals surface area (Å²) in [6.07, 6.45) is 1.40. The SMILES string of the molecule is COc1cc2c(cc1OC)CN(CC1OC(c3ccc(NC(=O)c4cnc5ccccc5n4)cc3)OC(c3ccc(CO)cc3)C1C)CC2. The number of methoxy groups -OCH3 is 2. The van der Waals surface area contributed by atoms with Crippen LogP contribution in [-0.2, 0) is 29.0 Å². The molecule has 1 aromatic heterocycles. The molecule has 0 saturated carbocycles. The van der Waals surface area contributed by atoms with Gasteiger partial charge in [-0.3, -0.25) is 14.7 Å². The number of hydrogen-bond donors (Lipinski definition) is 2. The van der Waals surface area contributed by atoms with Crippen molar-refractivity contribution in [3.05, 3.63) is 125 Å². The number of carbonyl (C=O) groups excluding carboxylic acids is 1. The van der Waals surface area contributed by atoms with Crippen molar-refractivity contribution in [2.24, 2.45) is 5.92 Å². The fourth-order valence-electron chi connectivity index (χ4n) is 6.67. The van der Waals surface area contributed by atoms with Crippen LogP contribution in [0.25, 0.3) is 11.0 Å². The predicted molar refractivity (Wildman–Crippen MR) is 185 cm³/mol. The van der Waals surface area contributed by atoms with Crippen LogP contribution in [0.4, 0.5) is 5.69 Å². The molecule has 0 aliphatic carbocycles. The first kappa shape index (κ1) is 32.7. The third-order valence-electron chi connectivity index (χ3n) is 9.48. The summed E-state index contributed by atoms with van der Waals surface area (Å²) in [6, 6.07) is 27.1. The molecule has 0 bridgehead atoms. The standard InChI is InChI=1S/C39H40N4O6/c1-24-36(22-43-17-16-28-18-34(46-2)35(47-3)19-29(28)21-43)48-39(49-37(24)26-10-8-25(23-44)9-11-26)27-12-14-30(15-13-27)41-38(45)33-20-40-31-6-4-5-7-32(31)42-33/h4-15,18-20,24,36-37,39,44H,16-17,21-23H2,1-3H3,(H,41,45). The van der Waals surface area contributed by atoms with Gasteiger partial charge in [0.05, 0.1) is 50.3 Å². The number of hydrogen-bond acceptors (Lipinski definition) is 9. The summed E-state index contributed by atoms with van der Waals surface area (Å²) in [5.41, 5.74) is 7.49. The number of nitrogens with zero attached hydrogens (tertiary/aromatic N) is 3. The molecule has 3 heterocycles. The van der Waals surface area contributed by atoms with Crippen LogP contribution in [0.2, 0.25) is 0 Å². The maximum Gasteiger partial charge on any atom is 0.275 e. The smallest absolute Gasteiger partial charge is 0.275 e. The number of para-hydroxylation sites is 2. The van der Waals surface area contributed by atoms with Crippen LogP contribution >= 0.6 is 0 Å². The summed E-state index contributed by atoms with van der Waals surface area (Å²) in [4.78, 5) is 24.3. The fraction of sp³-hybridized carbons (Fsp3) is 0.308. The van der Waals surface area contributed by atoms with Crippen LogP contribution in [0.5, 0.6) is 11.5 Å². The minimum absolute atomic E-state index is 0.0147. The highest BCUT2D eigenvalue weighted by atomic mass is 16.7. The third kappa shape index (κ3) is 7.00. The molecule has 10 nitrogen and oxygen atoms in total. The highest BCUT2D eigenvalue weighted by molar-refractivity contribution is 6.03. The molecular weight excluding hydrogens is 620 g/mol. The van der Waals surface area contributed by atoms with Gasteiger partial charge < -0.3 is 29.4 Å². The Labute approximate surface area is 285 Å². The van der Waals surface area contributed by atoms with Gasteiger partial charge in [-0.1, -0.05) is 55.5 Å². The van der Waals surface area contributed by atoms with Crippen LogP contribution in [0.1, 0.15) is 57.6 Å². The number of aliphatic hydroxyl groups excluding tert-OH is 1. The summed E-state index contributed by atoms with van der Waals surface area (Å²) < 4.78 is 24.5. The number of benzene rings is 4. The van der Waals surface area contributed by atoms with E-state index in [-0.39, 0.29) is 36.3 Å². The summed E-state index contributed by atoms with van der Waals surface area (Å²) in [6.45, 7) is 4.55. The van der Waals surface area contributed by atoms with Gasteiger partial charge in [0.1, 0.15) is 5.69 Å². The maximum absolute atomic E-state index is 13.0. The summed E-state index contributed by atoms with van der Waals surface area (Å²) in [7, 11) is 3.33. The first-order valence-corrected chi connectivity index (χ1v) is 16.5.